The van der Waals surface area contributed by atoms with Crippen molar-refractivity contribution in [2.75, 3.05) is 0 Å². The largest absolute Gasteiger partial charge is 0.509 e. The molecule has 0 radical (unpaired) electrons. The third-order valence-corrected chi connectivity index (χ3v) is 4.87. The van der Waals surface area contributed by atoms with E-state index in [-0.39, 0.29) is 0 Å². The average molecular weight is 355 g/mol. The normalized spacial score (nSPS) is 24.5. The van der Waals surface area contributed by atoms with Gasteiger partial charge in [-0.1, -0.05) is 0 Å². The van der Waals surface area contributed by atoms with Crippen molar-refractivity contribution in [3.05, 3.63) is 31.5 Å². The molecule has 1 aromatic rings. The molecule has 1 aliphatic rings. The van der Waals surface area contributed by atoms with Crippen molar-refractivity contribution >= 4 is 6.16 Å². The number of carbonyl (C=O) groups excluding carboxylic acids is 1. The van der Waals surface area contributed by atoms with Gasteiger partial charge in [0.1, 0.15) is 6.10 Å². The minimum atomic E-state index is -1.21. The van der Waals surface area contributed by atoms with E-state index in [2.05, 4.69) is 0 Å². The minimum absolute atomic E-state index is 0.434. The molecule has 9 nitrogen and oxygen atoms in total. The van der Waals surface area contributed by atoms with Crippen LogP contribution in [-0.4, -0.2) is 31.6 Å². The molecule has 140 valence electrons. The van der Waals surface area contributed by atoms with Gasteiger partial charge >= 0.3 is 23.2 Å². The van der Waals surface area contributed by atoms with Crippen LogP contribution in [0.3, 0.4) is 0 Å². The molecule has 3 atom stereocenters. The van der Waals surface area contributed by atoms with E-state index in [4.69, 9.17) is 9.47 Å². The molecule has 1 aliphatic heterocycles. The molecule has 0 bridgehead atoms. The van der Waals surface area contributed by atoms with Crippen LogP contribution in [0.1, 0.15) is 66.6 Å². The third kappa shape index (κ3) is 2.81. The van der Waals surface area contributed by atoms with Gasteiger partial charge in [-0.25, -0.2) is 32.9 Å². The topological polar surface area (TPSA) is 102 Å². The fourth-order valence-electron chi connectivity index (χ4n) is 3.04. The number of hydrogen-bond acceptors (Lipinski definition) is 6. The molecular formula is C16H25N3O6. The summed E-state index contributed by atoms with van der Waals surface area (Å²) in [4.78, 5) is 49.9. The molecule has 1 saturated heterocycles. The van der Waals surface area contributed by atoms with Crippen LogP contribution >= 0.6 is 0 Å². The Morgan fingerprint density at radius 1 is 0.840 bits per heavy atom. The number of ether oxygens (including phenoxy) is 2. The monoisotopic (exact) mass is 355 g/mol. The fraction of sp³-hybridized carbons (Fsp3) is 0.750. The lowest BCUT2D eigenvalue weighted by Gasteiger charge is -2.32. The van der Waals surface area contributed by atoms with Crippen LogP contribution in [0.15, 0.2) is 14.4 Å². The standard InChI is InChI=1S/C16H25N3O6/c1-8(2)17-12(20)18(9(3)4)14(22)19(13(17)21)10(5)16(7)11(6)24-15(23)25-16/h8-11H,1-7H3. The van der Waals surface area contributed by atoms with Crippen LogP contribution in [-0.2, 0) is 9.47 Å². The van der Waals surface area contributed by atoms with Crippen LogP contribution in [0.5, 0.6) is 0 Å². The van der Waals surface area contributed by atoms with Gasteiger partial charge < -0.3 is 9.47 Å². The smallest absolute Gasteiger partial charge is 0.427 e. The van der Waals surface area contributed by atoms with Crippen molar-refractivity contribution in [2.24, 2.45) is 0 Å². The molecule has 3 unspecified atom stereocenters. The first-order valence-corrected chi connectivity index (χ1v) is 8.32. The maximum atomic E-state index is 12.9. The highest BCUT2D eigenvalue weighted by atomic mass is 16.8. The average Bonchev–Trinajstić information content (AvgIpc) is 2.71. The Hall–Kier alpha value is -2.32. The lowest BCUT2D eigenvalue weighted by atomic mass is 9.92. The lowest BCUT2D eigenvalue weighted by Crippen LogP contribution is -2.59. The fourth-order valence-corrected chi connectivity index (χ4v) is 3.04. The van der Waals surface area contributed by atoms with E-state index in [0.717, 1.165) is 13.7 Å². The number of cyclic esters (lactones) is 2. The predicted molar refractivity (Wildman–Crippen MR) is 90.1 cm³/mol. The second-order valence-corrected chi connectivity index (χ2v) is 7.12. The van der Waals surface area contributed by atoms with Crippen molar-refractivity contribution < 1.29 is 14.3 Å². The molecule has 25 heavy (non-hydrogen) atoms. The second kappa shape index (κ2) is 6.20. The molecular weight excluding hydrogens is 330 g/mol. The Balaban J connectivity index is 2.82. The Morgan fingerprint density at radius 2 is 1.24 bits per heavy atom. The van der Waals surface area contributed by atoms with Gasteiger partial charge in [0.2, 0.25) is 0 Å². The lowest BCUT2D eigenvalue weighted by molar-refractivity contribution is 0.00384. The highest BCUT2D eigenvalue weighted by Crippen LogP contribution is 2.35. The van der Waals surface area contributed by atoms with Gasteiger partial charge in [-0.3, -0.25) is 0 Å². The summed E-state index contributed by atoms with van der Waals surface area (Å²) in [5.41, 5.74) is -3.33. The minimum Gasteiger partial charge on any atom is -0.427 e. The van der Waals surface area contributed by atoms with E-state index in [0.29, 0.717) is 0 Å². The van der Waals surface area contributed by atoms with E-state index in [9.17, 15) is 19.2 Å². The zero-order valence-corrected chi connectivity index (χ0v) is 15.6. The van der Waals surface area contributed by atoms with Crippen molar-refractivity contribution in [1.29, 1.82) is 0 Å². The highest BCUT2D eigenvalue weighted by Gasteiger charge is 2.51. The molecule has 0 aromatic carbocycles. The molecule has 0 saturated carbocycles. The first-order valence-electron chi connectivity index (χ1n) is 8.32. The quantitative estimate of drug-likeness (QED) is 0.752. The maximum Gasteiger partial charge on any atom is 0.509 e. The van der Waals surface area contributed by atoms with Gasteiger partial charge in [0.15, 0.2) is 5.60 Å². The summed E-state index contributed by atoms with van der Waals surface area (Å²) >= 11 is 0. The Kier molecular flexibility index (Phi) is 4.71. The highest BCUT2D eigenvalue weighted by molar-refractivity contribution is 5.63. The zero-order chi connectivity index (χ0) is 19.3. The van der Waals surface area contributed by atoms with Crippen molar-refractivity contribution in [1.82, 2.24) is 13.7 Å². The SMILES string of the molecule is CC(C)n1c(=O)n(C(C)C)c(=O)n(C(C)C2(C)OC(=O)OC2C)c1=O. The zero-order valence-electron chi connectivity index (χ0n) is 15.6. The molecule has 1 fully saturated rings. The Bertz CT molecular complexity index is 816. The molecule has 9 heteroatoms. The Labute approximate surface area is 144 Å². The first kappa shape index (κ1) is 19.0. The van der Waals surface area contributed by atoms with Crippen LogP contribution in [0.2, 0.25) is 0 Å². The summed E-state index contributed by atoms with van der Waals surface area (Å²) in [6.45, 7) is 11.6. The molecule has 0 spiro atoms. The number of hydrogen-bond donors (Lipinski definition) is 0. The van der Waals surface area contributed by atoms with Crippen LogP contribution in [0, 0.1) is 0 Å². The van der Waals surface area contributed by atoms with Gasteiger partial charge in [-0.2, -0.15) is 0 Å². The summed E-state index contributed by atoms with van der Waals surface area (Å²) in [6.07, 6.45) is -1.51. The van der Waals surface area contributed by atoms with Gasteiger partial charge in [-0.05, 0) is 48.5 Å². The number of aromatic nitrogens is 3. The molecule has 2 rings (SSSR count). The summed E-state index contributed by atoms with van der Waals surface area (Å²) < 4.78 is 13.3. The van der Waals surface area contributed by atoms with Gasteiger partial charge in [0.05, 0.1) is 6.04 Å². The van der Waals surface area contributed by atoms with Crippen LogP contribution in [0.4, 0.5) is 4.79 Å². The molecule has 0 aliphatic carbocycles. The van der Waals surface area contributed by atoms with Crippen molar-refractivity contribution in [2.45, 2.75) is 78.3 Å². The third-order valence-electron chi connectivity index (χ3n) is 4.87. The number of rotatable bonds is 4. The van der Waals surface area contributed by atoms with Crippen molar-refractivity contribution in [3.8, 4) is 0 Å². The van der Waals surface area contributed by atoms with E-state index in [1.54, 1.807) is 48.5 Å². The summed E-state index contributed by atoms with van der Waals surface area (Å²) in [5.74, 6) is 0. The summed E-state index contributed by atoms with van der Waals surface area (Å²) in [5, 5.41) is 0. The van der Waals surface area contributed by atoms with Crippen LogP contribution in [0.25, 0.3) is 0 Å². The van der Waals surface area contributed by atoms with E-state index >= 15 is 0 Å². The predicted octanol–water partition coefficient (Wildman–Crippen LogP) is 1.21. The molecule has 0 amide bonds. The van der Waals surface area contributed by atoms with Crippen LogP contribution < -0.4 is 17.1 Å². The molecule has 0 N–H and O–H groups in total. The maximum absolute atomic E-state index is 12.9. The van der Waals surface area contributed by atoms with E-state index in [1.807, 2.05) is 0 Å². The molecule has 2 heterocycles. The van der Waals surface area contributed by atoms with Gasteiger partial charge in [-0.15, -0.1) is 0 Å². The first-order chi connectivity index (χ1) is 11.4. The van der Waals surface area contributed by atoms with Gasteiger partial charge in [0, 0.05) is 12.1 Å². The van der Waals surface area contributed by atoms with E-state index < -0.39 is 53.1 Å². The second-order valence-electron chi connectivity index (χ2n) is 7.12. The van der Waals surface area contributed by atoms with Gasteiger partial charge in [0.25, 0.3) is 0 Å². The number of carbonyl (C=O) groups is 1. The number of nitrogens with zero attached hydrogens (tertiary/aromatic N) is 3. The summed E-state index contributed by atoms with van der Waals surface area (Å²) in [6, 6.07) is -1.70. The summed E-state index contributed by atoms with van der Waals surface area (Å²) in [7, 11) is 0. The van der Waals surface area contributed by atoms with E-state index in [1.165, 1.54) is 0 Å². The Morgan fingerprint density at radius 3 is 1.56 bits per heavy atom. The molecule has 1 aromatic heterocycles. The van der Waals surface area contributed by atoms with Crippen molar-refractivity contribution in [3.63, 3.8) is 0 Å².